The summed E-state index contributed by atoms with van der Waals surface area (Å²) < 4.78 is 0. The predicted octanol–water partition coefficient (Wildman–Crippen LogP) is 0.531. The Balaban J connectivity index is 2.66. The molecule has 2 heteroatoms. The van der Waals surface area contributed by atoms with Crippen LogP contribution in [0.2, 0.25) is 0 Å². The van der Waals surface area contributed by atoms with Gasteiger partial charge in [0.15, 0.2) is 0 Å². The third-order valence-corrected chi connectivity index (χ3v) is 0.297. The Labute approximate surface area is 37.4 Å². The molecule has 0 amide bonds. The first-order valence-electron chi connectivity index (χ1n) is 1.61. The summed E-state index contributed by atoms with van der Waals surface area (Å²) in [6.07, 6.45) is 2.66. The van der Waals surface area contributed by atoms with Crippen molar-refractivity contribution in [2.45, 2.75) is 0 Å². The number of hydrogen-bond acceptors (Lipinski definition) is 1. The second-order valence-electron chi connectivity index (χ2n) is 0.713. The lowest BCUT2D eigenvalue weighted by Gasteiger charge is -1.82. The SMILES string of the molecule is C=C[CH]NC=N. The van der Waals surface area contributed by atoms with Gasteiger partial charge in [0.1, 0.15) is 0 Å². The van der Waals surface area contributed by atoms with E-state index in [1.54, 1.807) is 12.6 Å². The molecular weight excluding hydrogens is 76.1 g/mol. The summed E-state index contributed by atoms with van der Waals surface area (Å²) in [5.74, 6) is 0. The maximum atomic E-state index is 6.39. The molecule has 0 heterocycles. The topological polar surface area (TPSA) is 35.9 Å². The largest absolute Gasteiger partial charge is 0.368 e. The molecule has 0 atom stereocenters. The summed E-state index contributed by atoms with van der Waals surface area (Å²) in [4.78, 5) is 0. The maximum absolute atomic E-state index is 6.39. The van der Waals surface area contributed by atoms with Crippen LogP contribution in [-0.4, -0.2) is 6.34 Å². The molecule has 0 fully saturated rings. The standard InChI is InChI=1S/C4H7N2/c1-2-3-6-4-5/h2-4H,1H2,(H2,5,6). The molecule has 2 N–H and O–H groups in total. The maximum Gasteiger partial charge on any atom is 0.0796 e. The Bertz CT molecular complexity index is 41.5. The predicted molar refractivity (Wildman–Crippen MR) is 26.4 cm³/mol. The molecule has 0 saturated carbocycles. The van der Waals surface area contributed by atoms with Crippen molar-refractivity contribution >= 4 is 6.34 Å². The van der Waals surface area contributed by atoms with Crippen molar-refractivity contribution in [2.75, 3.05) is 0 Å². The Kier molecular flexibility index (Phi) is 3.66. The fourth-order valence-electron chi connectivity index (χ4n) is 0.116. The van der Waals surface area contributed by atoms with E-state index in [-0.39, 0.29) is 0 Å². The second-order valence-corrected chi connectivity index (χ2v) is 0.713. The molecule has 0 rings (SSSR count). The van der Waals surface area contributed by atoms with Gasteiger partial charge in [0.25, 0.3) is 0 Å². The summed E-state index contributed by atoms with van der Waals surface area (Å²) in [7, 11) is 0. The molecule has 0 aliphatic heterocycles. The van der Waals surface area contributed by atoms with Gasteiger partial charge in [-0.2, -0.15) is 0 Å². The molecule has 0 aromatic carbocycles. The molecule has 2 nitrogen and oxygen atoms in total. The van der Waals surface area contributed by atoms with E-state index in [0.29, 0.717) is 0 Å². The van der Waals surface area contributed by atoms with E-state index in [1.165, 1.54) is 0 Å². The van der Waals surface area contributed by atoms with Crippen molar-refractivity contribution < 1.29 is 0 Å². The molecule has 1 radical (unpaired) electrons. The molecule has 6 heavy (non-hydrogen) atoms. The number of rotatable bonds is 3. The monoisotopic (exact) mass is 83.1 g/mol. The van der Waals surface area contributed by atoms with Gasteiger partial charge in [0.05, 0.1) is 12.9 Å². The van der Waals surface area contributed by atoms with Crippen molar-refractivity contribution in [2.24, 2.45) is 0 Å². The van der Waals surface area contributed by atoms with Gasteiger partial charge < -0.3 is 5.32 Å². The van der Waals surface area contributed by atoms with E-state index < -0.39 is 0 Å². The van der Waals surface area contributed by atoms with Crippen LogP contribution in [0.1, 0.15) is 0 Å². The summed E-state index contributed by atoms with van der Waals surface area (Å²) in [6.45, 7) is 4.95. The summed E-state index contributed by atoms with van der Waals surface area (Å²) in [5, 5.41) is 8.89. The third-order valence-electron chi connectivity index (χ3n) is 0.297. The molecule has 0 saturated heterocycles. The van der Waals surface area contributed by atoms with Gasteiger partial charge in [-0.3, -0.25) is 5.41 Å². The first-order valence-corrected chi connectivity index (χ1v) is 1.61. The normalized spacial score (nSPS) is 6.67. The Morgan fingerprint density at radius 2 is 2.33 bits per heavy atom. The molecular formula is C4H7N2. The van der Waals surface area contributed by atoms with Crippen molar-refractivity contribution in [1.82, 2.24) is 5.32 Å². The van der Waals surface area contributed by atoms with Crippen LogP contribution in [0.25, 0.3) is 0 Å². The molecule has 0 bridgehead atoms. The van der Waals surface area contributed by atoms with E-state index >= 15 is 0 Å². The Hall–Kier alpha value is -0.790. The second kappa shape index (κ2) is 4.21. The summed E-state index contributed by atoms with van der Waals surface area (Å²) in [6, 6.07) is 0. The van der Waals surface area contributed by atoms with Crippen molar-refractivity contribution in [3.63, 3.8) is 0 Å². The highest BCUT2D eigenvalue weighted by Crippen LogP contribution is 1.60. The Morgan fingerprint density at radius 3 is 2.50 bits per heavy atom. The lowest BCUT2D eigenvalue weighted by atomic mass is 10.6. The van der Waals surface area contributed by atoms with Gasteiger partial charge in [-0.15, -0.1) is 6.58 Å². The van der Waals surface area contributed by atoms with Gasteiger partial charge in [-0.05, 0) is 0 Å². The van der Waals surface area contributed by atoms with Crippen molar-refractivity contribution in [3.8, 4) is 0 Å². The number of hydrogen-bond donors (Lipinski definition) is 2. The molecule has 0 unspecified atom stereocenters. The third kappa shape index (κ3) is 3.21. The van der Waals surface area contributed by atoms with Crippen LogP contribution < -0.4 is 5.32 Å². The van der Waals surface area contributed by atoms with E-state index in [1.807, 2.05) is 0 Å². The van der Waals surface area contributed by atoms with Crippen LogP contribution in [0.4, 0.5) is 0 Å². The summed E-state index contributed by atoms with van der Waals surface area (Å²) >= 11 is 0. The first kappa shape index (κ1) is 5.21. The minimum atomic E-state index is 1.08. The van der Waals surface area contributed by atoms with Gasteiger partial charge in [0, 0.05) is 0 Å². The zero-order valence-electron chi connectivity index (χ0n) is 3.44. The highest BCUT2D eigenvalue weighted by atomic mass is 14.9. The zero-order valence-corrected chi connectivity index (χ0v) is 3.44. The summed E-state index contributed by atoms with van der Waals surface area (Å²) in [5.41, 5.74) is 0. The highest BCUT2D eigenvalue weighted by molar-refractivity contribution is 5.51. The quantitative estimate of drug-likeness (QED) is 0.291. The molecule has 0 aliphatic rings. The minimum Gasteiger partial charge on any atom is -0.368 e. The van der Waals surface area contributed by atoms with Crippen LogP contribution in [0.3, 0.4) is 0 Å². The lowest BCUT2D eigenvalue weighted by Crippen LogP contribution is -2.01. The van der Waals surface area contributed by atoms with Crippen molar-refractivity contribution in [3.05, 3.63) is 19.2 Å². The molecule has 0 aromatic heterocycles. The van der Waals surface area contributed by atoms with E-state index in [4.69, 9.17) is 5.41 Å². The molecule has 0 spiro atoms. The van der Waals surface area contributed by atoms with E-state index in [9.17, 15) is 0 Å². The minimum absolute atomic E-state index is 1.08. The van der Waals surface area contributed by atoms with Crippen molar-refractivity contribution in [1.29, 1.82) is 5.41 Å². The van der Waals surface area contributed by atoms with Gasteiger partial charge in [-0.1, -0.05) is 6.08 Å². The smallest absolute Gasteiger partial charge is 0.0796 e. The molecule has 0 aromatic rings. The van der Waals surface area contributed by atoms with E-state index in [0.717, 1.165) is 6.34 Å². The van der Waals surface area contributed by atoms with Gasteiger partial charge >= 0.3 is 0 Å². The number of nitrogens with one attached hydrogen (secondary N) is 2. The fourth-order valence-corrected chi connectivity index (χ4v) is 0.116. The molecule has 0 aliphatic carbocycles. The van der Waals surface area contributed by atoms with Crippen LogP contribution in [0.15, 0.2) is 12.7 Å². The first-order chi connectivity index (χ1) is 2.91. The fraction of sp³-hybridized carbons (Fsp3) is 0. The Morgan fingerprint density at radius 1 is 1.67 bits per heavy atom. The average molecular weight is 83.1 g/mol. The van der Waals surface area contributed by atoms with Crippen LogP contribution in [-0.2, 0) is 0 Å². The van der Waals surface area contributed by atoms with E-state index in [2.05, 4.69) is 11.9 Å². The molecule has 33 valence electrons. The van der Waals surface area contributed by atoms with Gasteiger partial charge in [-0.25, -0.2) is 0 Å². The zero-order chi connectivity index (χ0) is 4.83. The van der Waals surface area contributed by atoms with Crippen LogP contribution >= 0.6 is 0 Å². The average Bonchev–Trinajstić information content (AvgIpc) is 1.61. The van der Waals surface area contributed by atoms with Crippen LogP contribution in [0, 0.1) is 12.0 Å². The van der Waals surface area contributed by atoms with Crippen LogP contribution in [0.5, 0.6) is 0 Å². The highest BCUT2D eigenvalue weighted by Gasteiger charge is 1.62. The van der Waals surface area contributed by atoms with Gasteiger partial charge in [0.2, 0.25) is 0 Å². The lowest BCUT2D eigenvalue weighted by molar-refractivity contribution is 1.20.